The molecular weight excluding hydrogens is 308 g/mol. The molecule has 2 aromatic rings. The normalized spacial score (nSPS) is 19.2. The molecule has 0 saturated heterocycles. The van der Waals surface area contributed by atoms with E-state index in [1.54, 1.807) is 11.8 Å². The van der Waals surface area contributed by atoms with Gasteiger partial charge in [0, 0.05) is 10.6 Å². The molecule has 0 aromatic heterocycles. The number of aliphatic hydroxyl groups excluding tert-OH is 1. The molecule has 4 nitrogen and oxygen atoms in total. The number of rotatable bonds is 4. The summed E-state index contributed by atoms with van der Waals surface area (Å²) in [7, 11) is 0. The average molecular weight is 328 g/mol. The SMILES string of the molecule is CSc1ccc(NC(=O)NC2(CO)CCc3ccccc32)cc1. The summed E-state index contributed by atoms with van der Waals surface area (Å²) in [5.41, 5.74) is 2.24. The minimum atomic E-state index is -0.695. The van der Waals surface area contributed by atoms with Crippen LogP contribution < -0.4 is 10.6 Å². The fourth-order valence-electron chi connectivity index (χ4n) is 3.08. The highest BCUT2D eigenvalue weighted by atomic mass is 32.2. The van der Waals surface area contributed by atoms with E-state index in [4.69, 9.17) is 0 Å². The smallest absolute Gasteiger partial charge is 0.320 e. The number of aliphatic hydroxyl groups is 1. The molecule has 3 N–H and O–H groups in total. The summed E-state index contributed by atoms with van der Waals surface area (Å²) in [5.74, 6) is 0. The van der Waals surface area contributed by atoms with Crippen LogP contribution in [0.4, 0.5) is 10.5 Å². The van der Waals surface area contributed by atoms with Crippen molar-refractivity contribution in [3.05, 3.63) is 59.7 Å². The molecule has 0 spiro atoms. The van der Waals surface area contributed by atoms with Crippen LogP contribution in [0.2, 0.25) is 0 Å². The molecule has 0 heterocycles. The Morgan fingerprint density at radius 3 is 2.65 bits per heavy atom. The van der Waals surface area contributed by atoms with Crippen LogP contribution in [0.15, 0.2) is 53.4 Å². The van der Waals surface area contributed by atoms with Crippen molar-refractivity contribution < 1.29 is 9.90 Å². The first-order valence-corrected chi connectivity index (χ1v) is 8.82. The maximum atomic E-state index is 12.4. The Labute approximate surface area is 140 Å². The number of urea groups is 1. The zero-order valence-corrected chi connectivity index (χ0v) is 13.8. The predicted octanol–water partition coefficient (Wildman–Crippen LogP) is 3.36. The van der Waals surface area contributed by atoms with Gasteiger partial charge in [0.2, 0.25) is 0 Å². The monoisotopic (exact) mass is 328 g/mol. The minimum Gasteiger partial charge on any atom is -0.394 e. The van der Waals surface area contributed by atoms with E-state index in [9.17, 15) is 9.90 Å². The van der Waals surface area contributed by atoms with Crippen LogP contribution in [0.25, 0.3) is 0 Å². The number of thioether (sulfide) groups is 1. The van der Waals surface area contributed by atoms with E-state index in [2.05, 4.69) is 10.6 Å². The van der Waals surface area contributed by atoms with Crippen molar-refractivity contribution in [1.82, 2.24) is 5.32 Å². The Kier molecular flexibility index (Phi) is 4.59. The van der Waals surface area contributed by atoms with Gasteiger partial charge in [-0.25, -0.2) is 4.79 Å². The van der Waals surface area contributed by atoms with Crippen LogP contribution in [0.5, 0.6) is 0 Å². The number of benzene rings is 2. The van der Waals surface area contributed by atoms with Gasteiger partial charge in [0.15, 0.2) is 0 Å². The Balaban J connectivity index is 1.73. The van der Waals surface area contributed by atoms with E-state index < -0.39 is 5.54 Å². The molecule has 5 heteroatoms. The molecule has 0 radical (unpaired) electrons. The third-order valence-electron chi connectivity index (χ3n) is 4.32. The Morgan fingerprint density at radius 2 is 1.96 bits per heavy atom. The van der Waals surface area contributed by atoms with E-state index in [1.165, 1.54) is 5.56 Å². The lowest BCUT2D eigenvalue weighted by atomic mass is 9.93. The molecule has 0 bridgehead atoms. The molecule has 0 aliphatic heterocycles. The number of hydrogen-bond acceptors (Lipinski definition) is 3. The molecule has 0 fully saturated rings. The number of carbonyl (C=O) groups excluding carboxylic acids is 1. The van der Waals surface area contributed by atoms with E-state index in [0.29, 0.717) is 6.42 Å². The van der Waals surface area contributed by atoms with Crippen LogP contribution in [0.3, 0.4) is 0 Å². The van der Waals surface area contributed by atoms with E-state index >= 15 is 0 Å². The van der Waals surface area contributed by atoms with Gasteiger partial charge in [-0.05, 0) is 54.5 Å². The second-order valence-corrected chi connectivity index (χ2v) is 6.58. The summed E-state index contributed by atoms with van der Waals surface area (Å²) in [6, 6.07) is 15.3. The number of fused-ring (bicyclic) bond motifs is 1. The van der Waals surface area contributed by atoms with Gasteiger partial charge in [-0.3, -0.25) is 0 Å². The molecular formula is C18H20N2O2S. The minimum absolute atomic E-state index is 0.108. The number of amides is 2. The Hall–Kier alpha value is -1.98. The van der Waals surface area contributed by atoms with Crippen molar-refractivity contribution in [2.75, 3.05) is 18.2 Å². The molecule has 1 aliphatic carbocycles. The summed E-state index contributed by atoms with van der Waals surface area (Å²) < 4.78 is 0. The Bertz CT molecular complexity index is 702. The summed E-state index contributed by atoms with van der Waals surface area (Å²) in [6.07, 6.45) is 3.58. The molecule has 3 rings (SSSR count). The van der Waals surface area contributed by atoms with Gasteiger partial charge in [-0.1, -0.05) is 24.3 Å². The van der Waals surface area contributed by atoms with Crippen molar-refractivity contribution in [3.8, 4) is 0 Å². The lowest BCUT2D eigenvalue weighted by molar-refractivity contribution is 0.164. The van der Waals surface area contributed by atoms with Gasteiger partial charge < -0.3 is 15.7 Å². The van der Waals surface area contributed by atoms with Gasteiger partial charge >= 0.3 is 6.03 Å². The second-order valence-electron chi connectivity index (χ2n) is 5.70. The first kappa shape index (κ1) is 15.9. The maximum absolute atomic E-state index is 12.4. The molecule has 1 aliphatic rings. The summed E-state index contributed by atoms with van der Waals surface area (Å²) in [5, 5.41) is 15.7. The molecule has 23 heavy (non-hydrogen) atoms. The fraction of sp³-hybridized carbons (Fsp3) is 0.278. The molecule has 120 valence electrons. The van der Waals surface area contributed by atoms with Crippen molar-refractivity contribution >= 4 is 23.5 Å². The molecule has 0 saturated carbocycles. The fourth-order valence-corrected chi connectivity index (χ4v) is 3.48. The maximum Gasteiger partial charge on any atom is 0.320 e. The lowest BCUT2D eigenvalue weighted by Crippen LogP contribution is -2.48. The average Bonchev–Trinajstić information content (AvgIpc) is 2.95. The number of anilines is 1. The first-order valence-electron chi connectivity index (χ1n) is 7.59. The lowest BCUT2D eigenvalue weighted by Gasteiger charge is -2.29. The van der Waals surface area contributed by atoms with Crippen molar-refractivity contribution in [1.29, 1.82) is 0 Å². The highest BCUT2D eigenvalue weighted by Crippen LogP contribution is 2.36. The van der Waals surface area contributed by atoms with Gasteiger partial charge in [0.25, 0.3) is 0 Å². The molecule has 2 aromatic carbocycles. The highest BCUT2D eigenvalue weighted by molar-refractivity contribution is 7.98. The molecule has 1 unspecified atom stereocenters. The van der Waals surface area contributed by atoms with Gasteiger partial charge in [0.1, 0.15) is 0 Å². The summed E-state index contributed by atoms with van der Waals surface area (Å²) >= 11 is 1.66. The van der Waals surface area contributed by atoms with Crippen LogP contribution >= 0.6 is 11.8 Å². The van der Waals surface area contributed by atoms with Crippen LogP contribution in [0.1, 0.15) is 17.5 Å². The van der Waals surface area contributed by atoms with Crippen molar-refractivity contribution in [2.45, 2.75) is 23.3 Å². The second kappa shape index (κ2) is 6.64. The highest BCUT2D eigenvalue weighted by Gasteiger charge is 2.39. The summed E-state index contributed by atoms with van der Waals surface area (Å²) in [6.45, 7) is -0.108. The van der Waals surface area contributed by atoms with E-state index in [-0.39, 0.29) is 12.6 Å². The standard InChI is InChI=1S/C18H20N2O2S/c1-23-15-8-6-14(7-9-15)19-17(22)20-18(12-21)11-10-13-4-2-3-5-16(13)18/h2-9,21H,10-12H2,1H3,(H2,19,20,22). The van der Waals surface area contributed by atoms with Gasteiger partial charge in [-0.15, -0.1) is 11.8 Å². The van der Waals surface area contributed by atoms with Crippen LogP contribution in [0, 0.1) is 0 Å². The number of aryl methyl sites for hydroxylation is 1. The van der Waals surface area contributed by atoms with Gasteiger partial charge in [0.05, 0.1) is 12.1 Å². The third-order valence-corrected chi connectivity index (χ3v) is 5.07. The Morgan fingerprint density at radius 1 is 1.22 bits per heavy atom. The number of nitrogens with one attached hydrogen (secondary N) is 2. The third kappa shape index (κ3) is 3.21. The zero-order chi connectivity index (χ0) is 16.3. The largest absolute Gasteiger partial charge is 0.394 e. The first-order chi connectivity index (χ1) is 11.2. The van der Waals surface area contributed by atoms with Crippen LogP contribution in [-0.2, 0) is 12.0 Å². The predicted molar refractivity (Wildman–Crippen MR) is 93.9 cm³/mol. The topological polar surface area (TPSA) is 61.4 Å². The van der Waals surface area contributed by atoms with E-state index in [1.807, 2.05) is 54.8 Å². The van der Waals surface area contributed by atoms with Gasteiger partial charge in [-0.2, -0.15) is 0 Å². The van der Waals surface area contributed by atoms with Crippen molar-refractivity contribution in [3.63, 3.8) is 0 Å². The van der Waals surface area contributed by atoms with E-state index in [0.717, 1.165) is 22.6 Å². The number of carbonyl (C=O) groups is 1. The molecule has 2 amide bonds. The molecule has 1 atom stereocenters. The number of hydrogen-bond donors (Lipinski definition) is 3. The quantitative estimate of drug-likeness (QED) is 0.754. The zero-order valence-electron chi connectivity index (χ0n) is 13.0. The van der Waals surface area contributed by atoms with Crippen molar-refractivity contribution in [2.24, 2.45) is 0 Å². The van der Waals surface area contributed by atoms with Crippen LogP contribution in [-0.4, -0.2) is 24.0 Å². The summed E-state index contributed by atoms with van der Waals surface area (Å²) in [4.78, 5) is 13.5.